The maximum absolute atomic E-state index is 12.6. The van der Waals surface area contributed by atoms with E-state index in [0.29, 0.717) is 6.42 Å². The molecule has 16 heavy (non-hydrogen) atoms. The molecule has 2 aliphatic rings. The molecule has 1 atom stereocenters. The lowest BCUT2D eigenvalue weighted by Gasteiger charge is -2.40. The highest BCUT2D eigenvalue weighted by Crippen LogP contribution is 2.51. The van der Waals surface area contributed by atoms with Crippen molar-refractivity contribution in [2.45, 2.75) is 44.7 Å². The first-order chi connectivity index (χ1) is 7.48. The Balaban J connectivity index is 2.13. The van der Waals surface area contributed by atoms with Crippen LogP contribution in [-0.4, -0.2) is 6.18 Å². The van der Waals surface area contributed by atoms with Crippen molar-refractivity contribution in [3.63, 3.8) is 0 Å². The highest BCUT2D eigenvalue weighted by molar-refractivity contribution is 5.29. The summed E-state index contributed by atoms with van der Waals surface area (Å²) < 4.78 is 37.9. The topological polar surface area (TPSA) is 23.8 Å². The smallest absolute Gasteiger partial charge is 0.197 e. The van der Waals surface area contributed by atoms with Gasteiger partial charge in [-0.3, -0.25) is 0 Å². The summed E-state index contributed by atoms with van der Waals surface area (Å²) in [6.07, 6.45) is 0.862. The van der Waals surface area contributed by atoms with Gasteiger partial charge in [-0.15, -0.1) is 0 Å². The average Bonchev–Trinajstić information content (AvgIpc) is 2.16. The van der Waals surface area contributed by atoms with Gasteiger partial charge in [0.2, 0.25) is 0 Å². The molecule has 0 aliphatic heterocycles. The summed E-state index contributed by atoms with van der Waals surface area (Å²) in [7, 11) is 0. The molecule has 0 aromatic heterocycles. The summed E-state index contributed by atoms with van der Waals surface area (Å²) in [5.74, 6) is -1.24. The molecule has 0 spiro atoms. The summed E-state index contributed by atoms with van der Waals surface area (Å²) in [5.41, 5.74) is 0.194. The molecule has 0 bridgehead atoms. The minimum absolute atomic E-state index is 0.0388. The van der Waals surface area contributed by atoms with E-state index >= 15 is 0 Å². The van der Waals surface area contributed by atoms with Crippen LogP contribution in [0.2, 0.25) is 0 Å². The van der Waals surface area contributed by atoms with Gasteiger partial charge in [-0.05, 0) is 38.5 Å². The highest BCUT2D eigenvalue weighted by atomic mass is 19.4. The summed E-state index contributed by atoms with van der Waals surface area (Å²) in [4.78, 5) is 0. The van der Waals surface area contributed by atoms with Crippen LogP contribution in [0.5, 0.6) is 0 Å². The van der Waals surface area contributed by atoms with E-state index in [2.05, 4.69) is 6.07 Å². The Hall–Kier alpha value is -0.980. The van der Waals surface area contributed by atoms with Crippen molar-refractivity contribution in [3.8, 4) is 6.07 Å². The number of nitrogens with zero attached hydrogens (tertiary/aromatic N) is 1. The maximum atomic E-state index is 12.6. The molecule has 0 aromatic rings. The van der Waals surface area contributed by atoms with Crippen molar-refractivity contribution in [1.82, 2.24) is 0 Å². The van der Waals surface area contributed by atoms with Crippen molar-refractivity contribution in [3.05, 3.63) is 11.6 Å². The SMILES string of the molecule is N#CC1(C2=CCCC(C(F)(F)F)C2)CCC1. The first-order valence-corrected chi connectivity index (χ1v) is 5.65. The number of rotatable bonds is 1. The standard InChI is InChI=1S/C12H14F3N/c13-12(14,15)10-4-1-3-9(7-10)11(8-16)5-2-6-11/h3,10H,1-2,4-7H2. The molecule has 0 heterocycles. The number of alkyl halides is 3. The van der Waals surface area contributed by atoms with Crippen LogP contribution >= 0.6 is 0 Å². The van der Waals surface area contributed by atoms with Gasteiger partial charge >= 0.3 is 6.18 Å². The third kappa shape index (κ3) is 1.83. The Morgan fingerprint density at radius 3 is 2.50 bits per heavy atom. The van der Waals surface area contributed by atoms with E-state index < -0.39 is 17.5 Å². The number of halogens is 3. The van der Waals surface area contributed by atoms with E-state index in [9.17, 15) is 13.2 Å². The lowest BCUT2D eigenvalue weighted by Crippen LogP contribution is -2.34. The fourth-order valence-electron chi connectivity index (χ4n) is 2.61. The quantitative estimate of drug-likeness (QED) is 0.624. The molecule has 2 rings (SSSR count). The number of allylic oxidation sites excluding steroid dienone is 2. The van der Waals surface area contributed by atoms with Crippen molar-refractivity contribution < 1.29 is 13.2 Å². The van der Waals surface area contributed by atoms with Crippen molar-refractivity contribution in [2.24, 2.45) is 11.3 Å². The summed E-state index contributed by atoms with van der Waals surface area (Å²) in [5, 5.41) is 9.11. The van der Waals surface area contributed by atoms with Crippen LogP contribution in [0.4, 0.5) is 13.2 Å². The maximum Gasteiger partial charge on any atom is 0.392 e. The van der Waals surface area contributed by atoms with Gasteiger partial charge in [0.15, 0.2) is 0 Å². The monoisotopic (exact) mass is 229 g/mol. The van der Waals surface area contributed by atoms with E-state index in [4.69, 9.17) is 5.26 Å². The van der Waals surface area contributed by atoms with Gasteiger partial charge in [-0.1, -0.05) is 11.6 Å². The van der Waals surface area contributed by atoms with Crippen LogP contribution in [0, 0.1) is 22.7 Å². The van der Waals surface area contributed by atoms with Gasteiger partial charge < -0.3 is 0 Å². The van der Waals surface area contributed by atoms with Crippen LogP contribution in [0.15, 0.2) is 11.6 Å². The molecule has 4 heteroatoms. The number of nitriles is 1. The Morgan fingerprint density at radius 2 is 2.06 bits per heavy atom. The van der Waals surface area contributed by atoms with Crippen molar-refractivity contribution >= 4 is 0 Å². The summed E-state index contributed by atoms with van der Waals surface area (Å²) >= 11 is 0. The lowest BCUT2D eigenvalue weighted by molar-refractivity contribution is -0.177. The Morgan fingerprint density at radius 1 is 1.38 bits per heavy atom. The molecule has 1 nitrogen and oxygen atoms in total. The zero-order valence-electron chi connectivity index (χ0n) is 8.98. The van der Waals surface area contributed by atoms with Crippen LogP contribution in [0.25, 0.3) is 0 Å². The third-order valence-corrected chi connectivity index (χ3v) is 3.87. The summed E-state index contributed by atoms with van der Waals surface area (Å²) in [6, 6.07) is 2.22. The first-order valence-electron chi connectivity index (χ1n) is 5.65. The second kappa shape index (κ2) is 3.80. The van der Waals surface area contributed by atoms with E-state index in [1.54, 1.807) is 0 Å². The fraction of sp³-hybridized carbons (Fsp3) is 0.750. The normalized spacial score (nSPS) is 28.9. The molecule has 0 saturated heterocycles. The van der Waals surface area contributed by atoms with Crippen LogP contribution in [-0.2, 0) is 0 Å². The molecule has 1 unspecified atom stereocenters. The average molecular weight is 229 g/mol. The van der Waals surface area contributed by atoms with Crippen LogP contribution in [0.3, 0.4) is 0 Å². The first kappa shape index (κ1) is 11.5. The molecule has 1 saturated carbocycles. The van der Waals surface area contributed by atoms with Gasteiger partial charge in [-0.25, -0.2) is 0 Å². The zero-order valence-corrected chi connectivity index (χ0v) is 8.98. The highest BCUT2D eigenvalue weighted by Gasteiger charge is 2.47. The Labute approximate surface area is 92.9 Å². The van der Waals surface area contributed by atoms with E-state index in [1.807, 2.05) is 6.08 Å². The second-order valence-corrected chi connectivity index (χ2v) is 4.80. The molecule has 1 fully saturated rings. The zero-order chi connectivity index (χ0) is 11.8. The number of hydrogen-bond donors (Lipinski definition) is 0. The Kier molecular flexibility index (Phi) is 2.73. The van der Waals surface area contributed by atoms with Crippen molar-refractivity contribution in [2.75, 3.05) is 0 Å². The molecule has 88 valence electrons. The Bertz CT molecular complexity index is 344. The largest absolute Gasteiger partial charge is 0.392 e. The molecular formula is C12H14F3N. The lowest BCUT2D eigenvalue weighted by atomic mass is 9.62. The van der Waals surface area contributed by atoms with Gasteiger partial charge in [0.1, 0.15) is 0 Å². The van der Waals surface area contributed by atoms with Gasteiger partial charge in [0, 0.05) is 0 Å². The molecule has 2 aliphatic carbocycles. The van der Waals surface area contributed by atoms with Crippen molar-refractivity contribution in [1.29, 1.82) is 5.26 Å². The minimum Gasteiger partial charge on any atom is -0.197 e. The van der Waals surface area contributed by atoms with Gasteiger partial charge in [-0.2, -0.15) is 18.4 Å². The minimum atomic E-state index is -4.11. The third-order valence-electron chi connectivity index (χ3n) is 3.87. The van der Waals surface area contributed by atoms with Crippen LogP contribution < -0.4 is 0 Å². The fourth-order valence-corrected chi connectivity index (χ4v) is 2.61. The van der Waals surface area contributed by atoms with Crippen LogP contribution in [0.1, 0.15) is 38.5 Å². The molecule has 0 N–H and O–H groups in total. The summed E-state index contributed by atoms with van der Waals surface area (Å²) in [6.45, 7) is 0. The molecular weight excluding hydrogens is 215 g/mol. The molecule has 0 amide bonds. The molecule has 0 radical (unpaired) electrons. The predicted octanol–water partition coefficient (Wildman–Crippen LogP) is 3.97. The van der Waals surface area contributed by atoms with Gasteiger partial charge in [0.25, 0.3) is 0 Å². The molecule has 0 aromatic carbocycles. The van der Waals surface area contributed by atoms with E-state index in [0.717, 1.165) is 24.8 Å². The predicted molar refractivity (Wildman–Crippen MR) is 53.4 cm³/mol. The van der Waals surface area contributed by atoms with E-state index in [-0.39, 0.29) is 12.8 Å². The van der Waals surface area contributed by atoms with E-state index in [1.165, 1.54) is 0 Å². The second-order valence-electron chi connectivity index (χ2n) is 4.80. The van der Waals surface area contributed by atoms with Gasteiger partial charge in [0.05, 0.1) is 17.4 Å². The number of hydrogen-bond acceptors (Lipinski definition) is 1.